The van der Waals surface area contributed by atoms with Crippen LogP contribution in [0.4, 0.5) is 0 Å². The molecule has 2 heterocycles. The highest BCUT2D eigenvalue weighted by molar-refractivity contribution is 7.71. The number of H-pyrrole nitrogens is 1. The lowest BCUT2D eigenvalue weighted by Crippen LogP contribution is -2.23. The summed E-state index contributed by atoms with van der Waals surface area (Å²) in [6.07, 6.45) is 2.16. The maximum atomic E-state index is 12.2. The summed E-state index contributed by atoms with van der Waals surface area (Å²) in [4.78, 5) is 15.2. The number of ether oxygens (including phenoxy) is 1. The lowest BCUT2D eigenvalue weighted by molar-refractivity contribution is 0.122. The average molecular weight is 284 g/mol. The minimum atomic E-state index is -0.0251. The van der Waals surface area contributed by atoms with Crippen molar-refractivity contribution in [3.8, 4) is 0 Å². The third kappa shape index (κ3) is 2.88. The third-order valence-electron chi connectivity index (χ3n) is 2.69. The summed E-state index contributed by atoms with van der Waals surface area (Å²) < 4.78 is 8.22. The molecule has 0 aliphatic carbocycles. The molecule has 2 aromatic heterocycles. The predicted octanol–water partition coefficient (Wildman–Crippen LogP) is 2.94. The Bertz CT molecular complexity index is 627. The van der Waals surface area contributed by atoms with Crippen LogP contribution in [0.2, 0.25) is 0 Å². The molecule has 0 saturated carbocycles. The van der Waals surface area contributed by atoms with Crippen LogP contribution in [0.3, 0.4) is 0 Å². The quantitative estimate of drug-likeness (QED) is 0.655. The number of unbranched alkanes of at least 4 members (excludes halogenated alkanes) is 1. The van der Waals surface area contributed by atoms with E-state index in [1.54, 1.807) is 4.57 Å². The topological polar surface area (TPSA) is 47.0 Å². The van der Waals surface area contributed by atoms with Crippen LogP contribution in [0.15, 0.2) is 16.2 Å². The van der Waals surface area contributed by atoms with Crippen LogP contribution >= 0.6 is 23.6 Å². The lowest BCUT2D eigenvalue weighted by atomic mass is 10.4. The number of aromatic amines is 1. The zero-order valence-corrected chi connectivity index (χ0v) is 11.9. The van der Waals surface area contributed by atoms with E-state index in [4.69, 9.17) is 17.0 Å². The van der Waals surface area contributed by atoms with E-state index in [2.05, 4.69) is 11.9 Å². The number of nitrogens with zero attached hydrogens (tertiary/aromatic N) is 1. The number of hydrogen-bond donors (Lipinski definition) is 1. The van der Waals surface area contributed by atoms with Crippen LogP contribution in [0.5, 0.6) is 0 Å². The van der Waals surface area contributed by atoms with Gasteiger partial charge in [-0.25, -0.2) is 0 Å². The molecule has 0 saturated heterocycles. The van der Waals surface area contributed by atoms with E-state index < -0.39 is 0 Å². The fraction of sp³-hybridized carbons (Fsp3) is 0.500. The van der Waals surface area contributed by atoms with Gasteiger partial charge in [-0.2, -0.15) is 0 Å². The van der Waals surface area contributed by atoms with Crippen molar-refractivity contribution in [3.05, 3.63) is 26.6 Å². The molecule has 98 valence electrons. The Morgan fingerprint density at radius 1 is 1.50 bits per heavy atom. The van der Waals surface area contributed by atoms with Crippen molar-refractivity contribution in [2.24, 2.45) is 0 Å². The van der Waals surface area contributed by atoms with E-state index in [-0.39, 0.29) is 5.56 Å². The van der Waals surface area contributed by atoms with Crippen molar-refractivity contribution in [1.29, 1.82) is 0 Å². The highest BCUT2D eigenvalue weighted by Gasteiger charge is 2.06. The number of aromatic nitrogens is 2. The van der Waals surface area contributed by atoms with E-state index in [9.17, 15) is 4.79 Å². The Balaban J connectivity index is 2.13. The van der Waals surface area contributed by atoms with Gasteiger partial charge in [0.15, 0.2) is 4.77 Å². The zero-order valence-electron chi connectivity index (χ0n) is 10.3. The molecule has 0 bridgehead atoms. The molecule has 0 fully saturated rings. The molecule has 0 radical (unpaired) electrons. The largest absolute Gasteiger partial charge is 0.380 e. The maximum absolute atomic E-state index is 12.2. The predicted molar refractivity (Wildman–Crippen MR) is 77.0 cm³/mol. The van der Waals surface area contributed by atoms with Gasteiger partial charge >= 0.3 is 0 Å². The summed E-state index contributed by atoms with van der Waals surface area (Å²) in [6, 6.07) is 1.87. The van der Waals surface area contributed by atoms with Crippen LogP contribution in [0, 0.1) is 4.77 Å². The average Bonchev–Trinajstić information content (AvgIpc) is 2.80. The maximum Gasteiger partial charge on any atom is 0.272 e. The monoisotopic (exact) mass is 284 g/mol. The SMILES string of the molecule is CCCCOCCn1c(=S)[nH]c2ccsc2c1=O. The highest BCUT2D eigenvalue weighted by atomic mass is 32.1. The molecule has 0 amide bonds. The molecule has 1 N–H and O–H groups in total. The molecular formula is C12H16N2O2S2. The van der Waals surface area contributed by atoms with Crippen LogP contribution in [0.25, 0.3) is 10.2 Å². The Hall–Kier alpha value is -0.980. The summed E-state index contributed by atoms with van der Waals surface area (Å²) in [5, 5.41) is 1.89. The normalized spacial score (nSPS) is 11.2. The number of nitrogens with one attached hydrogen (secondary N) is 1. The van der Waals surface area contributed by atoms with E-state index in [1.165, 1.54) is 11.3 Å². The summed E-state index contributed by atoms with van der Waals surface area (Å²) in [5.41, 5.74) is 0.793. The van der Waals surface area contributed by atoms with Crippen LogP contribution in [-0.2, 0) is 11.3 Å². The Kier molecular flexibility index (Phi) is 4.68. The molecule has 0 aliphatic rings. The van der Waals surface area contributed by atoms with Crippen molar-refractivity contribution >= 4 is 33.8 Å². The fourth-order valence-corrected chi connectivity index (χ4v) is 2.76. The highest BCUT2D eigenvalue weighted by Crippen LogP contribution is 2.13. The summed E-state index contributed by atoms with van der Waals surface area (Å²) in [6.45, 7) is 3.89. The van der Waals surface area contributed by atoms with Gasteiger partial charge in [-0.1, -0.05) is 13.3 Å². The Morgan fingerprint density at radius 3 is 3.11 bits per heavy atom. The first-order chi connectivity index (χ1) is 8.74. The summed E-state index contributed by atoms with van der Waals surface area (Å²) >= 11 is 6.62. The van der Waals surface area contributed by atoms with E-state index in [0.717, 1.165) is 29.7 Å². The molecule has 0 atom stereocenters. The molecule has 4 nitrogen and oxygen atoms in total. The summed E-state index contributed by atoms with van der Waals surface area (Å²) in [7, 11) is 0. The van der Waals surface area contributed by atoms with Gasteiger partial charge in [-0.3, -0.25) is 9.36 Å². The molecule has 2 aromatic rings. The van der Waals surface area contributed by atoms with Gasteiger partial charge in [0.1, 0.15) is 4.70 Å². The standard InChI is InChI=1S/C12H16N2O2S2/c1-2-3-6-16-7-5-14-11(15)10-9(4-8-18-10)13-12(14)17/h4,8H,2-3,5-7H2,1H3,(H,13,17). The second-order valence-corrected chi connectivity index (χ2v) is 5.32. The second kappa shape index (κ2) is 6.26. The lowest BCUT2D eigenvalue weighted by Gasteiger charge is -2.07. The van der Waals surface area contributed by atoms with Gasteiger partial charge in [0.2, 0.25) is 0 Å². The van der Waals surface area contributed by atoms with Crippen molar-refractivity contribution in [2.75, 3.05) is 13.2 Å². The smallest absolute Gasteiger partial charge is 0.272 e. The van der Waals surface area contributed by atoms with Crippen molar-refractivity contribution in [1.82, 2.24) is 9.55 Å². The molecule has 0 unspecified atom stereocenters. The number of fused-ring (bicyclic) bond motifs is 1. The van der Waals surface area contributed by atoms with Crippen LogP contribution < -0.4 is 5.56 Å². The van der Waals surface area contributed by atoms with E-state index >= 15 is 0 Å². The Labute approximate surface area is 114 Å². The van der Waals surface area contributed by atoms with Gasteiger partial charge < -0.3 is 9.72 Å². The van der Waals surface area contributed by atoms with Gasteiger partial charge in [0.05, 0.1) is 18.7 Å². The minimum absolute atomic E-state index is 0.0251. The molecular weight excluding hydrogens is 268 g/mol. The van der Waals surface area contributed by atoms with Gasteiger partial charge in [-0.05, 0) is 30.1 Å². The first-order valence-corrected chi connectivity index (χ1v) is 7.31. The van der Waals surface area contributed by atoms with E-state index in [0.29, 0.717) is 17.9 Å². The summed E-state index contributed by atoms with van der Waals surface area (Å²) in [5.74, 6) is 0. The number of hydrogen-bond acceptors (Lipinski definition) is 4. The molecule has 2 rings (SSSR count). The first-order valence-electron chi connectivity index (χ1n) is 6.02. The van der Waals surface area contributed by atoms with Crippen LogP contribution in [-0.4, -0.2) is 22.8 Å². The van der Waals surface area contributed by atoms with Gasteiger partial charge in [0, 0.05) is 6.61 Å². The van der Waals surface area contributed by atoms with Gasteiger partial charge in [-0.15, -0.1) is 11.3 Å². The minimum Gasteiger partial charge on any atom is -0.380 e. The van der Waals surface area contributed by atoms with Crippen LogP contribution in [0.1, 0.15) is 19.8 Å². The number of thiophene rings is 1. The Morgan fingerprint density at radius 2 is 2.33 bits per heavy atom. The molecule has 18 heavy (non-hydrogen) atoms. The molecule has 0 aliphatic heterocycles. The van der Waals surface area contributed by atoms with Gasteiger partial charge in [0.25, 0.3) is 5.56 Å². The zero-order chi connectivity index (χ0) is 13.0. The third-order valence-corrected chi connectivity index (χ3v) is 3.92. The fourth-order valence-electron chi connectivity index (χ4n) is 1.68. The van der Waals surface area contributed by atoms with Crippen molar-refractivity contribution < 1.29 is 4.74 Å². The first kappa shape index (κ1) is 13.5. The van der Waals surface area contributed by atoms with Crippen molar-refractivity contribution in [2.45, 2.75) is 26.3 Å². The number of rotatable bonds is 6. The molecule has 0 spiro atoms. The second-order valence-electron chi connectivity index (χ2n) is 4.02. The van der Waals surface area contributed by atoms with Crippen molar-refractivity contribution in [3.63, 3.8) is 0 Å². The molecule has 0 aromatic carbocycles. The van der Waals surface area contributed by atoms with E-state index in [1.807, 2.05) is 11.4 Å². The molecule has 6 heteroatoms.